The zero-order valence-electron chi connectivity index (χ0n) is 18.0. The first-order valence-electron chi connectivity index (χ1n) is 9.96. The van der Waals surface area contributed by atoms with E-state index < -0.39 is 37.3 Å². The predicted molar refractivity (Wildman–Crippen MR) is 116 cm³/mol. The monoisotopic (exact) mass is 448 g/mol. The topological polar surface area (TPSA) is 127 Å². The van der Waals surface area contributed by atoms with Crippen molar-refractivity contribution in [1.29, 1.82) is 0 Å². The Morgan fingerprint density at radius 3 is 2.12 bits per heavy atom. The summed E-state index contributed by atoms with van der Waals surface area (Å²) in [4.78, 5) is 0. The van der Waals surface area contributed by atoms with Gasteiger partial charge in [0.15, 0.2) is 11.5 Å². The van der Waals surface area contributed by atoms with Crippen molar-refractivity contribution in [2.24, 2.45) is 0 Å². The van der Waals surface area contributed by atoms with E-state index in [1.807, 2.05) is 24.3 Å². The number of hydrogen-bond acceptors (Lipinski definition) is 9. The SMILES string of the molecule is COc1cc(/C=C\c2ccc(OC)c(OC)c2)cc(O[C@@H]2O[C@@H](CO)[C@@H](O)[C@@H](O)[C@H]2O)c1. The Morgan fingerprint density at radius 2 is 1.47 bits per heavy atom. The van der Waals surface area contributed by atoms with Gasteiger partial charge in [-0.25, -0.2) is 0 Å². The lowest BCUT2D eigenvalue weighted by molar-refractivity contribution is -0.277. The summed E-state index contributed by atoms with van der Waals surface area (Å²) in [6, 6.07) is 10.6. The van der Waals surface area contributed by atoms with Gasteiger partial charge in [-0.3, -0.25) is 0 Å². The minimum atomic E-state index is -1.53. The summed E-state index contributed by atoms with van der Waals surface area (Å²) in [5.74, 6) is 2.04. The average Bonchev–Trinajstić information content (AvgIpc) is 2.82. The van der Waals surface area contributed by atoms with Crippen LogP contribution in [0.5, 0.6) is 23.0 Å². The van der Waals surface area contributed by atoms with Gasteiger partial charge in [0.05, 0.1) is 27.9 Å². The molecule has 32 heavy (non-hydrogen) atoms. The van der Waals surface area contributed by atoms with Gasteiger partial charge in [-0.1, -0.05) is 18.2 Å². The Hall–Kier alpha value is -2.82. The molecule has 1 heterocycles. The molecule has 174 valence electrons. The Kier molecular flexibility index (Phi) is 7.94. The van der Waals surface area contributed by atoms with Crippen LogP contribution in [0.15, 0.2) is 36.4 Å². The van der Waals surface area contributed by atoms with E-state index in [-0.39, 0.29) is 0 Å². The molecule has 0 bridgehead atoms. The van der Waals surface area contributed by atoms with Crippen molar-refractivity contribution < 1.29 is 44.1 Å². The number of rotatable bonds is 8. The number of hydrogen-bond donors (Lipinski definition) is 4. The van der Waals surface area contributed by atoms with Gasteiger partial charge in [-0.05, 0) is 35.4 Å². The molecule has 0 saturated carbocycles. The van der Waals surface area contributed by atoms with Crippen molar-refractivity contribution in [2.75, 3.05) is 27.9 Å². The third-order valence-corrected chi connectivity index (χ3v) is 5.11. The molecule has 0 aliphatic carbocycles. The molecule has 1 saturated heterocycles. The first-order valence-corrected chi connectivity index (χ1v) is 9.96. The second-order valence-electron chi connectivity index (χ2n) is 7.20. The molecular formula is C23H28O9. The van der Waals surface area contributed by atoms with Gasteiger partial charge in [-0.2, -0.15) is 0 Å². The standard InChI is InChI=1S/C23H28O9/c1-28-15-8-14(5-4-13-6-7-17(29-2)18(10-13)30-3)9-16(11-15)31-23-22(27)21(26)20(25)19(12-24)32-23/h4-11,19-27H,12H2,1-3H3/b5-4-/t19-,20+,21+,22+,23+/m0/s1. The van der Waals surface area contributed by atoms with Crippen LogP contribution in [0.2, 0.25) is 0 Å². The quantitative estimate of drug-likeness (QED) is 0.439. The lowest BCUT2D eigenvalue weighted by Gasteiger charge is -2.39. The number of ether oxygens (including phenoxy) is 5. The van der Waals surface area contributed by atoms with Crippen LogP contribution in [0, 0.1) is 0 Å². The average molecular weight is 448 g/mol. The van der Waals surface area contributed by atoms with Crippen LogP contribution in [0.25, 0.3) is 12.2 Å². The molecule has 9 heteroatoms. The second kappa shape index (κ2) is 10.7. The molecule has 1 aliphatic heterocycles. The van der Waals surface area contributed by atoms with Gasteiger partial charge < -0.3 is 44.1 Å². The van der Waals surface area contributed by atoms with Crippen LogP contribution in [-0.2, 0) is 4.74 Å². The second-order valence-corrected chi connectivity index (χ2v) is 7.20. The van der Waals surface area contributed by atoms with E-state index in [1.54, 1.807) is 38.5 Å². The summed E-state index contributed by atoms with van der Waals surface area (Å²) in [6.45, 7) is -0.539. The molecule has 4 N–H and O–H groups in total. The van der Waals surface area contributed by atoms with Crippen LogP contribution in [0.1, 0.15) is 11.1 Å². The number of methoxy groups -OCH3 is 3. The van der Waals surface area contributed by atoms with Crippen LogP contribution in [0.3, 0.4) is 0 Å². The van der Waals surface area contributed by atoms with E-state index >= 15 is 0 Å². The number of benzene rings is 2. The molecular weight excluding hydrogens is 420 g/mol. The van der Waals surface area contributed by atoms with Crippen LogP contribution < -0.4 is 18.9 Å². The van der Waals surface area contributed by atoms with Gasteiger partial charge in [0.25, 0.3) is 0 Å². The lowest BCUT2D eigenvalue weighted by atomic mass is 9.99. The van der Waals surface area contributed by atoms with Gasteiger partial charge in [-0.15, -0.1) is 0 Å². The summed E-state index contributed by atoms with van der Waals surface area (Å²) in [5, 5.41) is 39.4. The van der Waals surface area contributed by atoms with Crippen molar-refractivity contribution in [2.45, 2.75) is 30.7 Å². The van der Waals surface area contributed by atoms with Crippen molar-refractivity contribution in [3.63, 3.8) is 0 Å². The van der Waals surface area contributed by atoms with Gasteiger partial charge in [0, 0.05) is 6.07 Å². The minimum Gasteiger partial charge on any atom is -0.497 e. The summed E-state index contributed by atoms with van der Waals surface area (Å²) >= 11 is 0. The van der Waals surface area contributed by atoms with E-state index in [9.17, 15) is 20.4 Å². The fourth-order valence-electron chi connectivity index (χ4n) is 3.32. The Balaban J connectivity index is 1.82. The van der Waals surface area contributed by atoms with Crippen molar-refractivity contribution in [1.82, 2.24) is 0 Å². The molecule has 1 fully saturated rings. The highest BCUT2D eigenvalue weighted by Crippen LogP contribution is 2.30. The minimum absolute atomic E-state index is 0.306. The zero-order chi connectivity index (χ0) is 23.3. The maximum Gasteiger partial charge on any atom is 0.229 e. The summed E-state index contributed by atoms with van der Waals surface area (Å²) in [7, 11) is 4.64. The highest BCUT2D eigenvalue weighted by molar-refractivity contribution is 5.72. The highest BCUT2D eigenvalue weighted by Gasteiger charge is 2.44. The maximum atomic E-state index is 10.2. The number of aliphatic hydroxyl groups is 4. The molecule has 0 amide bonds. The van der Waals surface area contributed by atoms with E-state index in [0.29, 0.717) is 23.0 Å². The highest BCUT2D eigenvalue weighted by atomic mass is 16.7. The smallest absolute Gasteiger partial charge is 0.229 e. The molecule has 0 radical (unpaired) electrons. The molecule has 0 aromatic heterocycles. The van der Waals surface area contributed by atoms with Crippen molar-refractivity contribution in [3.05, 3.63) is 47.5 Å². The Morgan fingerprint density at radius 1 is 0.781 bits per heavy atom. The first kappa shape index (κ1) is 23.8. The fourth-order valence-corrected chi connectivity index (χ4v) is 3.32. The van der Waals surface area contributed by atoms with Crippen LogP contribution in [-0.4, -0.2) is 79.1 Å². The summed E-state index contributed by atoms with van der Waals surface area (Å²) in [6.07, 6.45) is -3.14. The Labute approximate surface area is 186 Å². The zero-order valence-corrected chi connectivity index (χ0v) is 18.0. The van der Waals surface area contributed by atoms with Crippen molar-refractivity contribution in [3.8, 4) is 23.0 Å². The summed E-state index contributed by atoms with van der Waals surface area (Å²) < 4.78 is 27.0. The number of aliphatic hydroxyl groups excluding tert-OH is 4. The van der Waals surface area contributed by atoms with E-state index in [1.165, 1.54) is 7.11 Å². The van der Waals surface area contributed by atoms with E-state index in [0.717, 1.165) is 11.1 Å². The molecule has 1 aliphatic rings. The predicted octanol–water partition coefficient (Wildman–Crippen LogP) is 1.06. The van der Waals surface area contributed by atoms with E-state index in [4.69, 9.17) is 23.7 Å². The first-order chi connectivity index (χ1) is 15.4. The molecule has 2 aromatic carbocycles. The molecule has 3 rings (SSSR count). The third kappa shape index (κ3) is 5.32. The van der Waals surface area contributed by atoms with Crippen LogP contribution in [0.4, 0.5) is 0 Å². The molecule has 0 spiro atoms. The summed E-state index contributed by atoms with van der Waals surface area (Å²) in [5.41, 5.74) is 1.61. The third-order valence-electron chi connectivity index (χ3n) is 5.11. The largest absolute Gasteiger partial charge is 0.497 e. The normalized spacial score (nSPS) is 25.5. The fraction of sp³-hybridized carbons (Fsp3) is 0.391. The molecule has 9 nitrogen and oxygen atoms in total. The van der Waals surface area contributed by atoms with E-state index in [2.05, 4.69) is 0 Å². The van der Waals surface area contributed by atoms with Crippen LogP contribution >= 0.6 is 0 Å². The Bertz CT molecular complexity index is 928. The van der Waals surface area contributed by atoms with Gasteiger partial charge >= 0.3 is 0 Å². The lowest BCUT2D eigenvalue weighted by Crippen LogP contribution is -2.60. The van der Waals surface area contributed by atoms with Gasteiger partial charge in [0.2, 0.25) is 6.29 Å². The van der Waals surface area contributed by atoms with Gasteiger partial charge in [0.1, 0.15) is 35.9 Å². The molecule has 0 unspecified atom stereocenters. The van der Waals surface area contributed by atoms with Crippen molar-refractivity contribution >= 4 is 12.2 Å². The molecule has 2 aromatic rings. The maximum absolute atomic E-state index is 10.2. The molecule has 5 atom stereocenters.